The first kappa shape index (κ1) is 13.7. The summed E-state index contributed by atoms with van der Waals surface area (Å²) in [4.78, 5) is 12.1. The lowest BCUT2D eigenvalue weighted by atomic mass is 10.1. The first-order valence-corrected chi connectivity index (χ1v) is 6.29. The van der Waals surface area contributed by atoms with E-state index in [4.69, 9.17) is 23.2 Å². The Kier molecular flexibility index (Phi) is 3.98. The van der Waals surface area contributed by atoms with Crippen LogP contribution in [0.3, 0.4) is 0 Å². The predicted molar refractivity (Wildman–Crippen MR) is 77.3 cm³/mol. The molecule has 2 N–H and O–H groups in total. The molecule has 3 nitrogen and oxygen atoms in total. The van der Waals surface area contributed by atoms with Crippen molar-refractivity contribution in [2.24, 2.45) is 0 Å². The molecule has 0 aliphatic heterocycles. The van der Waals surface area contributed by atoms with Crippen LogP contribution in [0.15, 0.2) is 36.4 Å². The van der Waals surface area contributed by atoms with E-state index in [2.05, 4.69) is 5.32 Å². The average Bonchev–Trinajstić information content (AvgIpc) is 2.37. The Morgan fingerprint density at radius 2 is 1.89 bits per heavy atom. The van der Waals surface area contributed by atoms with Gasteiger partial charge >= 0.3 is 0 Å². The lowest BCUT2D eigenvalue weighted by Crippen LogP contribution is -2.13. The maximum absolute atomic E-state index is 12.1. The first-order chi connectivity index (χ1) is 8.99. The minimum atomic E-state index is -0.335. The Balaban J connectivity index is 2.28. The summed E-state index contributed by atoms with van der Waals surface area (Å²) in [7, 11) is 0. The Morgan fingerprint density at radius 1 is 1.16 bits per heavy atom. The van der Waals surface area contributed by atoms with Crippen molar-refractivity contribution in [2.45, 2.75) is 6.92 Å². The number of aromatic hydroxyl groups is 1. The molecule has 5 heteroatoms. The Morgan fingerprint density at radius 3 is 2.53 bits per heavy atom. The van der Waals surface area contributed by atoms with E-state index in [0.29, 0.717) is 16.3 Å². The monoisotopic (exact) mass is 295 g/mol. The van der Waals surface area contributed by atoms with Crippen molar-refractivity contribution >= 4 is 34.8 Å². The van der Waals surface area contributed by atoms with E-state index in [1.165, 1.54) is 18.2 Å². The van der Waals surface area contributed by atoms with Crippen molar-refractivity contribution in [2.75, 3.05) is 5.32 Å². The van der Waals surface area contributed by atoms with Gasteiger partial charge in [-0.05, 0) is 36.8 Å². The molecule has 0 saturated carbocycles. The fraction of sp³-hybridized carbons (Fsp3) is 0.0714. The lowest BCUT2D eigenvalue weighted by Gasteiger charge is -2.10. The summed E-state index contributed by atoms with van der Waals surface area (Å²) in [5.74, 6) is -0.398. The highest BCUT2D eigenvalue weighted by Gasteiger charge is 2.11. The number of anilines is 1. The van der Waals surface area contributed by atoms with Crippen molar-refractivity contribution in [3.05, 3.63) is 57.6 Å². The van der Waals surface area contributed by atoms with Crippen LogP contribution in [0.1, 0.15) is 15.9 Å². The zero-order valence-electron chi connectivity index (χ0n) is 10.1. The summed E-state index contributed by atoms with van der Waals surface area (Å²) in [5.41, 5.74) is 1.78. The molecule has 1 amide bonds. The molecular weight excluding hydrogens is 285 g/mol. The maximum Gasteiger partial charge on any atom is 0.255 e. The van der Waals surface area contributed by atoms with Crippen molar-refractivity contribution in [1.29, 1.82) is 0 Å². The van der Waals surface area contributed by atoms with Gasteiger partial charge in [-0.3, -0.25) is 4.79 Å². The molecule has 2 rings (SSSR count). The van der Waals surface area contributed by atoms with Crippen molar-refractivity contribution in [3.63, 3.8) is 0 Å². The topological polar surface area (TPSA) is 49.3 Å². The zero-order valence-corrected chi connectivity index (χ0v) is 11.6. The number of nitrogens with one attached hydrogen (secondary N) is 1. The molecule has 19 heavy (non-hydrogen) atoms. The summed E-state index contributed by atoms with van der Waals surface area (Å²) in [6.07, 6.45) is 0. The van der Waals surface area contributed by atoms with Gasteiger partial charge in [0.15, 0.2) is 0 Å². The Bertz CT molecular complexity index is 621. The molecule has 0 radical (unpaired) electrons. The van der Waals surface area contributed by atoms with Gasteiger partial charge in [0.05, 0.1) is 15.7 Å². The number of hydrogen-bond donors (Lipinski definition) is 2. The number of carbonyl (C=O) groups is 1. The molecule has 2 aromatic carbocycles. The normalized spacial score (nSPS) is 10.3. The molecule has 98 valence electrons. The number of para-hydroxylation sites is 1. The van der Waals surface area contributed by atoms with Crippen LogP contribution in [0.2, 0.25) is 10.0 Å². The van der Waals surface area contributed by atoms with E-state index in [0.717, 1.165) is 5.56 Å². The summed E-state index contributed by atoms with van der Waals surface area (Å²) >= 11 is 11.8. The molecule has 0 bridgehead atoms. The smallest absolute Gasteiger partial charge is 0.255 e. The van der Waals surface area contributed by atoms with E-state index in [1.807, 2.05) is 19.1 Å². The van der Waals surface area contributed by atoms with Crippen LogP contribution in [0.5, 0.6) is 5.75 Å². The van der Waals surface area contributed by atoms with Crippen LogP contribution in [0.25, 0.3) is 0 Å². The molecule has 0 heterocycles. The minimum absolute atomic E-state index is 0.0628. The summed E-state index contributed by atoms with van der Waals surface area (Å²) < 4.78 is 0. The number of halogens is 2. The number of amides is 1. The summed E-state index contributed by atoms with van der Waals surface area (Å²) in [6, 6.07) is 9.63. The third-order valence-corrected chi connectivity index (χ3v) is 3.29. The van der Waals surface area contributed by atoms with Crippen molar-refractivity contribution in [3.8, 4) is 5.75 Å². The summed E-state index contributed by atoms with van der Waals surface area (Å²) in [5, 5.41) is 12.6. The highest BCUT2D eigenvalue weighted by Crippen LogP contribution is 2.27. The SMILES string of the molecule is Cc1cccc(Cl)c1NC(=O)c1ccc(O)c(Cl)c1. The predicted octanol–water partition coefficient (Wildman–Crippen LogP) is 4.26. The molecule has 2 aromatic rings. The van der Waals surface area contributed by atoms with Crippen LogP contribution >= 0.6 is 23.2 Å². The second kappa shape index (κ2) is 5.51. The zero-order chi connectivity index (χ0) is 14.0. The number of phenolic OH excluding ortho intramolecular Hbond substituents is 1. The van der Waals surface area contributed by atoms with Crippen LogP contribution in [0, 0.1) is 6.92 Å². The second-order valence-corrected chi connectivity index (χ2v) is 4.87. The second-order valence-electron chi connectivity index (χ2n) is 4.05. The molecule has 0 aliphatic carbocycles. The minimum Gasteiger partial charge on any atom is -0.506 e. The molecular formula is C14H11Cl2NO2. The van der Waals surface area contributed by atoms with Gasteiger partial charge in [0.1, 0.15) is 5.75 Å². The van der Waals surface area contributed by atoms with Crippen LogP contribution in [0.4, 0.5) is 5.69 Å². The van der Waals surface area contributed by atoms with Gasteiger partial charge in [-0.1, -0.05) is 35.3 Å². The van der Waals surface area contributed by atoms with Gasteiger partial charge in [-0.25, -0.2) is 0 Å². The van der Waals surface area contributed by atoms with Gasteiger partial charge in [-0.2, -0.15) is 0 Å². The average molecular weight is 296 g/mol. The first-order valence-electron chi connectivity index (χ1n) is 5.54. The largest absolute Gasteiger partial charge is 0.506 e. The number of aryl methyl sites for hydroxylation is 1. The number of phenols is 1. The quantitative estimate of drug-likeness (QED) is 0.870. The van der Waals surface area contributed by atoms with E-state index in [1.54, 1.807) is 6.07 Å². The van der Waals surface area contributed by atoms with Crippen molar-refractivity contribution in [1.82, 2.24) is 0 Å². The number of hydrogen-bond acceptors (Lipinski definition) is 2. The van der Waals surface area contributed by atoms with Gasteiger partial charge in [0.25, 0.3) is 5.91 Å². The Hall–Kier alpha value is -1.71. The van der Waals surface area contributed by atoms with Crippen LogP contribution in [-0.4, -0.2) is 11.0 Å². The van der Waals surface area contributed by atoms with Crippen LogP contribution < -0.4 is 5.32 Å². The fourth-order valence-electron chi connectivity index (χ4n) is 1.62. The third-order valence-electron chi connectivity index (χ3n) is 2.67. The van der Waals surface area contributed by atoms with Crippen LogP contribution in [-0.2, 0) is 0 Å². The number of rotatable bonds is 2. The Labute approximate surface area is 120 Å². The van der Waals surface area contributed by atoms with Gasteiger partial charge in [0.2, 0.25) is 0 Å². The molecule has 0 aliphatic rings. The van der Waals surface area contributed by atoms with Gasteiger partial charge < -0.3 is 10.4 Å². The highest BCUT2D eigenvalue weighted by atomic mass is 35.5. The molecule has 0 atom stereocenters. The van der Waals surface area contributed by atoms with E-state index in [-0.39, 0.29) is 16.7 Å². The highest BCUT2D eigenvalue weighted by molar-refractivity contribution is 6.34. The van der Waals surface area contributed by atoms with Crippen molar-refractivity contribution < 1.29 is 9.90 Å². The molecule has 0 spiro atoms. The third kappa shape index (κ3) is 3.00. The fourth-order valence-corrected chi connectivity index (χ4v) is 2.07. The summed E-state index contributed by atoms with van der Waals surface area (Å²) in [6.45, 7) is 1.85. The molecule has 0 unspecified atom stereocenters. The van der Waals surface area contributed by atoms with E-state index >= 15 is 0 Å². The van der Waals surface area contributed by atoms with Gasteiger partial charge in [0, 0.05) is 5.56 Å². The molecule has 0 saturated heterocycles. The number of carbonyl (C=O) groups excluding carboxylic acids is 1. The lowest BCUT2D eigenvalue weighted by molar-refractivity contribution is 0.102. The molecule has 0 fully saturated rings. The maximum atomic E-state index is 12.1. The van der Waals surface area contributed by atoms with Gasteiger partial charge in [-0.15, -0.1) is 0 Å². The van der Waals surface area contributed by atoms with E-state index < -0.39 is 0 Å². The molecule has 0 aromatic heterocycles. The van der Waals surface area contributed by atoms with E-state index in [9.17, 15) is 9.90 Å². The standard InChI is InChI=1S/C14H11Cl2NO2/c1-8-3-2-4-10(15)13(8)17-14(19)9-5-6-12(18)11(16)7-9/h2-7,18H,1H3,(H,17,19). The number of benzene rings is 2.